The van der Waals surface area contributed by atoms with Crippen molar-refractivity contribution in [2.24, 2.45) is 0 Å². The molecule has 0 aliphatic carbocycles. The number of hydrogen-bond donors (Lipinski definition) is 0. The summed E-state index contributed by atoms with van der Waals surface area (Å²) in [4.78, 5) is 24.4. The van der Waals surface area contributed by atoms with Crippen LogP contribution in [0, 0.1) is 0 Å². The third kappa shape index (κ3) is 4.34. The molecule has 2 aromatic heterocycles. The number of thioether (sulfide) groups is 1. The molecule has 4 rings (SSSR count). The Kier molecular flexibility index (Phi) is 5.77. The maximum atomic E-state index is 12.5. The topological polar surface area (TPSA) is 55.3 Å². The summed E-state index contributed by atoms with van der Waals surface area (Å²) in [5.74, 6) is 0.510. The summed E-state index contributed by atoms with van der Waals surface area (Å²) in [5.41, 5.74) is 2.07. The number of carbonyl (C=O) groups excluding carboxylic acids is 1. The Labute approximate surface area is 174 Å². The van der Waals surface area contributed by atoms with Crippen LogP contribution in [0.5, 0.6) is 0 Å². The maximum Gasteiger partial charge on any atom is 0.233 e. The molecule has 1 amide bonds. The van der Waals surface area contributed by atoms with Gasteiger partial charge in [0.2, 0.25) is 5.91 Å². The van der Waals surface area contributed by atoms with Gasteiger partial charge in [-0.1, -0.05) is 39.8 Å². The standard InChI is InChI=1S/C19H18BrN3O2S2/c1-12-9-23(6-7-25-12)17(24)10-26-19-18-15(21-11-22-19)8-16(27-18)13-2-4-14(20)5-3-13/h2-5,8,11-12H,6-7,9-10H2,1H3/t12-/m0/s1. The summed E-state index contributed by atoms with van der Waals surface area (Å²) >= 11 is 6.62. The van der Waals surface area contributed by atoms with E-state index in [1.165, 1.54) is 11.8 Å². The summed E-state index contributed by atoms with van der Waals surface area (Å²) in [6, 6.07) is 10.3. The lowest BCUT2D eigenvalue weighted by Crippen LogP contribution is -2.45. The van der Waals surface area contributed by atoms with Gasteiger partial charge < -0.3 is 9.64 Å². The summed E-state index contributed by atoms with van der Waals surface area (Å²) in [7, 11) is 0. The molecule has 0 spiro atoms. The number of nitrogens with zero attached hydrogens (tertiary/aromatic N) is 3. The highest BCUT2D eigenvalue weighted by molar-refractivity contribution is 9.10. The first-order valence-corrected chi connectivity index (χ1v) is 11.2. The summed E-state index contributed by atoms with van der Waals surface area (Å²) in [6.07, 6.45) is 1.67. The molecule has 27 heavy (non-hydrogen) atoms. The smallest absolute Gasteiger partial charge is 0.233 e. The maximum absolute atomic E-state index is 12.5. The van der Waals surface area contributed by atoms with Gasteiger partial charge in [-0.3, -0.25) is 4.79 Å². The van der Waals surface area contributed by atoms with E-state index in [1.807, 2.05) is 24.0 Å². The monoisotopic (exact) mass is 463 g/mol. The Bertz CT molecular complexity index is 961. The number of morpholine rings is 1. The number of hydrogen-bond acceptors (Lipinski definition) is 6. The zero-order chi connectivity index (χ0) is 18.8. The van der Waals surface area contributed by atoms with Crippen LogP contribution >= 0.6 is 39.0 Å². The Morgan fingerprint density at radius 1 is 1.37 bits per heavy atom. The zero-order valence-corrected chi connectivity index (χ0v) is 17.9. The van der Waals surface area contributed by atoms with Crippen LogP contribution in [0.3, 0.4) is 0 Å². The van der Waals surface area contributed by atoms with Crippen molar-refractivity contribution in [3.05, 3.63) is 41.1 Å². The number of thiophene rings is 1. The van der Waals surface area contributed by atoms with E-state index in [0.717, 1.165) is 30.2 Å². The van der Waals surface area contributed by atoms with Gasteiger partial charge in [0, 0.05) is 22.4 Å². The summed E-state index contributed by atoms with van der Waals surface area (Å²) < 4.78 is 7.59. The van der Waals surface area contributed by atoms with Crippen LogP contribution in [0.2, 0.25) is 0 Å². The van der Waals surface area contributed by atoms with E-state index in [1.54, 1.807) is 17.7 Å². The molecule has 1 aromatic carbocycles. The van der Waals surface area contributed by atoms with Crippen LogP contribution in [-0.4, -0.2) is 52.3 Å². The average Bonchev–Trinajstić information content (AvgIpc) is 3.11. The van der Waals surface area contributed by atoms with E-state index >= 15 is 0 Å². The van der Waals surface area contributed by atoms with Gasteiger partial charge in [0.05, 0.1) is 28.7 Å². The number of benzene rings is 1. The molecule has 0 saturated carbocycles. The number of aromatic nitrogens is 2. The lowest BCUT2D eigenvalue weighted by atomic mass is 10.2. The van der Waals surface area contributed by atoms with Crippen LogP contribution in [-0.2, 0) is 9.53 Å². The first-order chi connectivity index (χ1) is 13.1. The van der Waals surface area contributed by atoms with Crippen molar-refractivity contribution >= 4 is 55.2 Å². The highest BCUT2D eigenvalue weighted by Gasteiger charge is 2.22. The number of halogens is 1. The minimum atomic E-state index is 0.101. The SMILES string of the molecule is C[C@H]1CN(C(=O)CSc2ncnc3cc(-c4ccc(Br)cc4)sc23)CCO1. The van der Waals surface area contributed by atoms with Crippen LogP contribution < -0.4 is 0 Å². The second-order valence-electron chi connectivity index (χ2n) is 6.32. The van der Waals surface area contributed by atoms with Crippen LogP contribution in [0.25, 0.3) is 20.7 Å². The van der Waals surface area contributed by atoms with E-state index < -0.39 is 0 Å². The van der Waals surface area contributed by atoms with Gasteiger partial charge in [-0.2, -0.15) is 0 Å². The first-order valence-electron chi connectivity index (χ1n) is 8.63. The van der Waals surface area contributed by atoms with Gasteiger partial charge in [0.1, 0.15) is 11.4 Å². The Morgan fingerprint density at radius 2 is 2.19 bits per heavy atom. The molecule has 5 nitrogen and oxygen atoms in total. The second-order valence-corrected chi connectivity index (χ2v) is 9.25. The number of fused-ring (bicyclic) bond motifs is 1. The predicted octanol–water partition coefficient (Wildman–Crippen LogP) is 4.46. The van der Waals surface area contributed by atoms with E-state index in [4.69, 9.17) is 4.74 Å². The van der Waals surface area contributed by atoms with Crippen molar-refractivity contribution in [3.63, 3.8) is 0 Å². The van der Waals surface area contributed by atoms with Crippen molar-refractivity contribution in [1.82, 2.24) is 14.9 Å². The second kappa shape index (κ2) is 8.26. The molecule has 1 fully saturated rings. The lowest BCUT2D eigenvalue weighted by molar-refractivity contribution is -0.135. The number of rotatable bonds is 4. The first kappa shape index (κ1) is 18.9. The predicted molar refractivity (Wildman–Crippen MR) is 113 cm³/mol. The number of ether oxygens (including phenoxy) is 1. The number of carbonyl (C=O) groups is 1. The van der Waals surface area contributed by atoms with Crippen molar-refractivity contribution in [2.75, 3.05) is 25.4 Å². The van der Waals surface area contributed by atoms with Gasteiger partial charge in [-0.15, -0.1) is 11.3 Å². The van der Waals surface area contributed by atoms with Crippen LogP contribution in [0.1, 0.15) is 6.92 Å². The molecule has 1 aliphatic heterocycles. The van der Waals surface area contributed by atoms with Crippen molar-refractivity contribution < 1.29 is 9.53 Å². The van der Waals surface area contributed by atoms with Crippen LogP contribution in [0.15, 0.2) is 46.2 Å². The van der Waals surface area contributed by atoms with Crippen molar-refractivity contribution in [3.8, 4) is 10.4 Å². The molecule has 1 atom stereocenters. The molecular formula is C19H18BrN3O2S2. The molecule has 0 unspecified atom stereocenters. The fourth-order valence-electron chi connectivity index (χ4n) is 2.96. The Morgan fingerprint density at radius 3 is 2.96 bits per heavy atom. The minimum absolute atomic E-state index is 0.101. The van der Waals surface area contributed by atoms with Gasteiger partial charge in [0.25, 0.3) is 0 Å². The molecule has 1 aliphatic rings. The van der Waals surface area contributed by atoms with E-state index in [2.05, 4.69) is 44.1 Å². The molecular weight excluding hydrogens is 446 g/mol. The van der Waals surface area contributed by atoms with Gasteiger partial charge in [-0.05, 0) is 30.7 Å². The molecule has 0 N–H and O–H groups in total. The third-order valence-corrected chi connectivity index (χ3v) is 7.15. The highest BCUT2D eigenvalue weighted by Crippen LogP contribution is 2.37. The molecule has 140 valence electrons. The van der Waals surface area contributed by atoms with E-state index in [9.17, 15) is 4.79 Å². The molecule has 0 radical (unpaired) electrons. The molecule has 8 heteroatoms. The molecule has 0 bridgehead atoms. The fourth-order valence-corrected chi connectivity index (χ4v) is 5.33. The molecule has 3 aromatic rings. The molecule has 1 saturated heterocycles. The average molecular weight is 464 g/mol. The normalized spacial score (nSPS) is 17.4. The zero-order valence-electron chi connectivity index (χ0n) is 14.7. The quantitative estimate of drug-likeness (QED) is 0.422. The van der Waals surface area contributed by atoms with E-state index in [0.29, 0.717) is 25.4 Å². The Balaban J connectivity index is 1.52. The van der Waals surface area contributed by atoms with Crippen molar-refractivity contribution in [2.45, 2.75) is 18.1 Å². The number of amides is 1. The lowest BCUT2D eigenvalue weighted by Gasteiger charge is -2.31. The fraction of sp³-hybridized carbons (Fsp3) is 0.316. The largest absolute Gasteiger partial charge is 0.375 e. The minimum Gasteiger partial charge on any atom is -0.375 e. The van der Waals surface area contributed by atoms with E-state index in [-0.39, 0.29) is 12.0 Å². The van der Waals surface area contributed by atoms with Crippen molar-refractivity contribution in [1.29, 1.82) is 0 Å². The molecule has 3 heterocycles. The summed E-state index contributed by atoms with van der Waals surface area (Å²) in [5, 5.41) is 0.864. The third-order valence-electron chi connectivity index (χ3n) is 4.33. The van der Waals surface area contributed by atoms with Gasteiger partial charge in [0.15, 0.2) is 0 Å². The highest BCUT2D eigenvalue weighted by atomic mass is 79.9. The Hall–Kier alpha value is -1.48. The summed E-state index contributed by atoms with van der Waals surface area (Å²) in [6.45, 7) is 3.92. The van der Waals surface area contributed by atoms with Gasteiger partial charge in [-0.25, -0.2) is 9.97 Å². The van der Waals surface area contributed by atoms with Gasteiger partial charge >= 0.3 is 0 Å². The van der Waals surface area contributed by atoms with Crippen LogP contribution in [0.4, 0.5) is 0 Å².